The van der Waals surface area contributed by atoms with E-state index in [0.29, 0.717) is 12.2 Å². The van der Waals surface area contributed by atoms with Crippen LogP contribution in [0.15, 0.2) is 39.7 Å². The first-order valence-electron chi connectivity index (χ1n) is 13.3. The van der Waals surface area contributed by atoms with Crippen molar-refractivity contribution in [2.75, 3.05) is 7.11 Å². The van der Waals surface area contributed by atoms with Crippen molar-refractivity contribution < 1.29 is 19.2 Å². The van der Waals surface area contributed by atoms with Crippen LogP contribution in [0.4, 0.5) is 0 Å². The zero-order valence-electron chi connectivity index (χ0n) is 21.9. The van der Waals surface area contributed by atoms with Gasteiger partial charge in [-0.3, -0.25) is 15.1 Å². The van der Waals surface area contributed by atoms with Crippen LogP contribution in [0, 0.1) is 11.8 Å². The second kappa shape index (κ2) is 14.4. The van der Waals surface area contributed by atoms with Crippen LogP contribution >= 0.6 is 11.3 Å². The largest absolute Gasteiger partial charge is 0.507 e. The average molecular weight is 516 g/mol. The van der Waals surface area contributed by atoms with Crippen LogP contribution in [0.5, 0.6) is 5.75 Å². The van der Waals surface area contributed by atoms with Crippen LogP contribution in [0.1, 0.15) is 103 Å². The van der Waals surface area contributed by atoms with Gasteiger partial charge in [0.2, 0.25) is 0 Å². The average Bonchev–Trinajstić information content (AvgIpc) is 3.30. The highest BCUT2D eigenvalue weighted by Crippen LogP contribution is 2.30. The van der Waals surface area contributed by atoms with Gasteiger partial charge in [-0.05, 0) is 50.2 Å². The molecule has 0 amide bonds. The summed E-state index contributed by atoms with van der Waals surface area (Å²) in [5.74, 6) is 0.109. The zero-order valence-corrected chi connectivity index (χ0v) is 22.7. The molecule has 1 saturated carbocycles. The number of hydroxylamine groups is 1. The van der Waals surface area contributed by atoms with Gasteiger partial charge in [-0.25, -0.2) is 4.79 Å². The van der Waals surface area contributed by atoms with Crippen LogP contribution < -0.4 is 11.1 Å². The summed E-state index contributed by atoms with van der Waals surface area (Å²) < 4.78 is 5.45. The summed E-state index contributed by atoms with van der Waals surface area (Å²) in [4.78, 5) is 32.9. The molecule has 1 fully saturated rings. The Labute approximate surface area is 218 Å². The van der Waals surface area contributed by atoms with Gasteiger partial charge in [-0.1, -0.05) is 58.4 Å². The molecule has 0 spiro atoms. The molecule has 2 N–H and O–H groups in total. The predicted molar refractivity (Wildman–Crippen MR) is 145 cm³/mol. The summed E-state index contributed by atoms with van der Waals surface area (Å²) in [5, 5.41) is 10.5. The summed E-state index contributed by atoms with van der Waals surface area (Å²) in [7, 11) is 1.53. The molecule has 3 rings (SSSR count). The molecular formula is C29H41NO5S. The lowest BCUT2D eigenvalue weighted by molar-refractivity contribution is 0.0922. The molecule has 6 nitrogen and oxygen atoms in total. The van der Waals surface area contributed by atoms with E-state index >= 15 is 0 Å². The molecule has 0 aromatic carbocycles. The Balaban J connectivity index is 1.54. The number of carbonyl (C=O) groups excluding carboxylic acids is 1. The number of carbonyl (C=O) groups is 1. The van der Waals surface area contributed by atoms with E-state index < -0.39 is 11.5 Å². The number of ketones is 1. The van der Waals surface area contributed by atoms with Gasteiger partial charge in [0.25, 0.3) is 0 Å². The fraction of sp³-hybridized carbons (Fsp3) is 0.586. The number of aromatic hydroxyl groups is 1. The number of rotatable bonds is 14. The Bertz CT molecular complexity index is 1050. The van der Waals surface area contributed by atoms with Gasteiger partial charge in [0.05, 0.1) is 7.11 Å². The molecule has 0 bridgehead atoms. The van der Waals surface area contributed by atoms with E-state index in [-0.39, 0.29) is 23.0 Å². The Morgan fingerprint density at radius 1 is 1.25 bits per heavy atom. The van der Waals surface area contributed by atoms with E-state index in [1.54, 1.807) is 24.5 Å². The number of hydrogen-bond acceptors (Lipinski definition) is 7. The molecule has 198 valence electrons. The number of allylic oxidation sites excluding steroid dienone is 1. The molecule has 0 aliphatic heterocycles. The van der Waals surface area contributed by atoms with Crippen molar-refractivity contribution in [2.24, 2.45) is 11.8 Å². The molecule has 0 saturated heterocycles. The molecule has 2 heterocycles. The molecule has 1 aliphatic rings. The third kappa shape index (κ3) is 8.34. The third-order valence-corrected chi connectivity index (χ3v) is 8.35. The predicted octanol–water partition coefficient (Wildman–Crippen LogP) is 6.92. The second-order valence-corrected chi connectivity index (χ2v) is 11.4. The highest BCUT2D eigenvalue weighted by Gasteiger charge is 2.25. The number of hydrogen-bond donors (Lipinski definition) is 2. The lowest BCUT2D eigenvalue weighted by Crippen LogP contribution is -2.22. The van der Waals surface area contributed by atoms with Crippen LogP contribution in [0.25, 0.3) is 0 Å². The lowest BCUT2D eigenvalue weighted by atomic mass is 9.86. The number of nitrogens with one attached hydrogen (secondary N) is 1. The van der Waals surface area contributed by atoms with Gasteiger partial charge in [0, 0.05) is 33.9 Å². The van der Waals surface area contributed by atoms with Gasteiger partial charge in [0.1, 0.15) is 17.1 Å². The third-order valence-electron chi connectivity index (χ3n) is 7.18. The standard InChI is InChI=1S/C29H41NO5S/c1-20(10-7-8-17-30-34-3)26-19-25(31)27(29(33)35-26)28(32)21(2)18-24-16-15-23(36-24)14-9-13-22-11-5-4-6-12-22/h8,15-17,19-22,30-31H,4-7,9-14,18H2,1-3H3/b17-8+. The van der Waals surface area contributed by atoms with E-state index in [9.17, 15) is 14.7 Å². The van der Waals surface area contributed by atoms with E-state index in [0.717, 1.165) is 30.1 Å². The number of thiophene rings is 1. The molecule has 2 unspecified atom stereocenters. The van der Waals surface area contributed by atoms with Crippen molar-refractivity contribution in [3.8, 4) is 5.75 Å². The Morgan fingerprint density at radius 2 is 2.00 bits per heavy atom. The fourth-order valence-electron chi connectivity index (χ4n) is 5.00. The van der Waals surface area contributed by atoms with E-state index in [4.69, 9.17) is 9.25 Å². The first-order chi connectivity index (χ1) is 17.4. The maximum atomic E-state index is 13.1. The molecule has 2 atom stereocenters. The number of aryl methyl sites for hydroxylation is 1. The number of Topliss-reactive ketones (excluding diaryl/α,β-unsaturated/α-hetero) is 1. The Hall–Kier alpha value is -2.38. The molecule has 2 aromatic heterocycles. The zero-order chi connectivity index (χ0) is 25.9. The molecule has 1 aliphatic carbocycles. The first-order valence-corrected chi connectivity index (χ1v) is 14.1. The molecule has 36 heavy (non-hydrogen) atoms. The van der Waals surface area contributed by atoms with Crippen LogP contribution in [-0.2, 0) is 17.7 Å². The monoisotopic (exact) mass is 515 g/mol. The maximum absolute atomic E-state index is 13.1. The van der Waals surface area contributed by atoms with E-state index in [1.165, 1.54) is 63.0 Å². The van der Waals surface area contributed by atoms with Crippen LogP contribution in [0.3, 0.4) is 0 Å². The van der Waals surface area contributed by atoms with Gasteiger partial charge in [-0.2, -0.15) is 0 Å². The first kappa shape index (κ1) is 28.2. The van der Waals surface area contributed by atoms with Crippen LogP contribution in [0.2, 0.25) is 0 Å². The molecular weight excluding hydrogens is 474 g/mol. The quantitative estimate of drug-likeness (QED) is 0.210. The summed E-state index contributed by atoms with van der Waals surface area (Å²) in [6.45, 7) is 3.73. The minimum absolute atomic E-state index is 0.0833. The topological polar surface area (TPSA) is 88.8 Å². The minimum Gasteiger partial charge on any atom is -0.507 e. The van der Waals surface area contributed by atoms with E-state index in [1.807, 2.05) is 13.0 Å². The van der Waals surface area contributed by atoms with Crippen molar-refractivity contribution in [3.05, 3.63) is 62.0 Å². The maximum Gasteiger partial charge on any atom is 0.350 e. The summed E-state index contributed by atoms with van der Waals surface area (Å²) >= 11 is 1.75. The fourth-order valence-corrected chi connectivity index (χ4v) is 6.19. The van der Waals surface area contributed by atoms with Crippen molar-refractivity contribution in [1.29, 1.82) is 0 Å². The molecule has 0 radical (unpaired) electrons. The van der Waals surface area contributed by atoms with Crippen molar-refractivity contribution >= 4 is 17.1 Å². The highest BCUT2D eigenvalue weighted by molar-refractivity contribution is 7.12. The summed E-state index contributed by atoms with van der Waals surface area (Å²) in [6.07, 6.45) is 16.2. The SMILES string of the molecule is CON/C=C/CCC(C)c1cc(O)c(C(=O)C(C)Cc2ccc(CCCC3CCCCC3)s2)c(=O)o1. The van der Waals surface area contributed by atoms with Crippen molar-refractivity contribution in [1.82, 2.24) is 5.48 Å². The molecule has 7 heteroatoms. The highest BCUT2D eigenvalue weighted by atomic mass is 32.1. The van der Waals surface area contributed by atoms with Gasteiger partial charge < -0.3 is 9.52 Å². The van der Waals surface area contributed by atoms with Crippen LogP contribution in [-0.4, -0.2) is 18.0 Å². The normalized spacial score (nSPS) is 16.3. The van der Waals surface area contributed by atoms with Crippen molar-refractivity contribution in [2.45, 2.75) is 90.4 Å². The Kier molecular flexibility index (Phi) is 11.3. The summed E-state index contributed by atoms with van der Waals surface area (Å²) in [6, 6.07) is 5.67. The molecule has 2 aromatic rings. The van der Waals surface area contributed by atoms with Gasteiger partial charge in [0.15, 0.2) is 5.78 Å². The Morgan fingerprint density at radius 3 is 2.72 bits per heavy atom. The lowest BCUT2D eigenvalue weighted by Gasteiger charge is -2.21. The van der Waals surface area contributed by atoms with E-state index in [2.05, 4.69) is 17.6 Å². The van der Waals surface area contributed by atoms with Crippen molar-refractivity contribution in [3.63, 3.8) is 0 Å². The van der Waals surface area contributed by atoms with Gasteiger partial charge >= 0.3 is 5.63 Å². The smallest absolute Gasteiger partial charge is 0.350 e. The summed E-state index contributed by atoms with van der Waals surface area (Å²) in [5.41, 5.74) is 1.61. The minimum atomic E-state index is -0.764. The van der Waals surface area contributed by atoms with Gasteiger partial charge in [-0.15, -0.1) is 11.3 Å². The second-order valence-electron chi connectivity index (χ2n) is 10.1.